The molecule has 6 heteroatoms. The molecule has 5 nitrogen and oxygen atoms in total. The Labute approximate surface area is 170 Å². The SMILES string of the molecule is O=C(c1cccc(Cn2cccn2)c1)N1CCN(Cc2ccccc2Cl)CC1. The summed E-state index contributed by atoms with van der Waals surface area (Å²) in [6.07, 6.45) is 3.68. The predicted octanol–water partition coefficient (Wildman–Crippen LogP) is 3.54. The van der Waals surface area contributed by atoms with E-state index in [-0.39, 0.29) is 5.91 Å². The maximum Gasteiger partial charge on any atom is 0.253 e. The molecule has 0 aliphatic carbocycles. The van der Waals surface area contributed by atoms with Crippen LogP contribution in [0.4, 0.5) is 0 Å². The number of halogens is 1. The van der Waals surface area contributed by atoms with Crippen molar-refractivity contribution in [3.8, 4) is 0 Å². The van der Waals surface area contributed by atoms with Gasteiger partial charge in [-0.05, 0) is 35.4 Å². The van der Waals surface area contributed by atoms with Gasteiger partial charge in [-0.2, -0.15) is 5.10 Å². The molecule has 0 unspecified atom stereocenters. The smallest absolute Gasteiger partial charge is 0.253 e. The number of benzene rings is 2. The molecule has 0 radical (unpaired) electrons. The van der Waals surface area contributed by atoms with Crippen molar-refractivity contribution in [1.82, 2.24) is 19.6 Å². The summed E-state index contributed by atoms with van der Waals surface area (Å²) in [5, 5.41) is 5.03. The lowest BCUT2D eigenvalue weighted by molar-refractivity contribution is 0.0628. The van der Waals surface area contributed by atoms with E-state index in [2.05, 4.69) is 16.1 Å². The van der Waals surface area contributed by atoms with Gasteiger partial charge in [0.15, 0.2) is 0 Å². The molecule has 1 aliphatic heterocycles. The fraction of sp³-hybridized carbons (Fsp3) is 0.273. The van der Waals surface area contributed by atoms with Crippen LogP contribution in [0.5, 0.6) is 0 Å². The molecule has 2 aromatic carbocycles. The monoisotopic (exact) mass is 394 g/mol. The lowest BCUT2D eigenvalue weighted by Gasteiger charge is -2.35. The third kappa shape index (κ3) is 4.43. The zero-order valence-electron chi connectivity index (χ0n) is 15.7. The van der Waals surface area contributed by atoms with Gasteiger partial charge in [-0.1, -0.05) is 41.9 Å². The van der Waals surface area contributed by atoms with E-state index in [9.17, 15) is 4.79 Å². The van der Waals surface area contributed by atoms with Crippen molar-refractivity contribution in [3.05, 3.63) is 88.7 Å². The molecule has 0 saturated carbocycles. The van der Waals surface area contributed by atoms with Crippen LogP contribution in [0.25, 0.3) is 0 Å². The van der Waals surface area contributed by atoms with Gasteiger partial charge in [-0.15, -0.1) is 0 Å². The van der Waals surface area contributed by atoms with E-state index in [4.69, 9.17) is 11.6 Å². The van der Waals surface area contributed by atoms with Crippen LogP contribution in [-0.2, 0) is 13.1 Å². The number of aromatic nitrogens is 2. The van der Waals surface area contributed by atoms with Crippen molar-refractivity contribution in [2.24, 2.45) is 0 Å². The molecule has 0 N–H and O–H groups in total. The van der Waals surface area contributed by atoms with E-state index in [0.29, 0.717) is 6.54 Å². The number of carbonyl (C=O) groups excluding carboxylic acids is 1. The number of hydrogen-bond donors (Lipinski definition) is 0. The number of piperazine rings is 1. The summed E-state index contributed by atoms with van der Waals surface area (Å²) >= 11 is 6.27. The molecule has 2 heterocycles. The Morgan fingerprint density at radius 2 is 1.79 bits per heavy atom. The minimum Gasteiger partial charge on any atom is -0.336 e. The number of hydrogen-bond acceptors (Lipinski definition) is 3. The summed E-state index contributed by atoms with van der Waals surface area (Å²) in [6.45, 7) is 4.65. The average molecular weight is 395 g/mol. The predicted molar refractivity (Wildman–Crippen MR) is 110 cm³/mol. The van der Waals surface area contributed by atoms with E-state index >= 15 is 0 Å². The van der Waals surface area contributed by atoms with Gasteiger partial charge in [-0.3, -0.25) is 14.4 Å². The third-order valence-corrected chi connectivity index (χ3v) is 5.46. The van der Waals surface area contributed by atoms with Crippen LogP contribution < -0.4 is 0 Å². The first-order valence-electron chi connectivity index (χ1n) is 9.50. The zero-order chi connectivity index (χ0) is 19.3. The fourth-order valence-electron chi connectivity index (χ4n) is 3.54. The normalized spacial score (nSPS) is 15.0. The van der Waals surface area contributed by atoms with Crippen molar-refractivity contribution in [2.75, 3.05) is 26.2 Å². The Morgan fingerprint density at radius 3 is 2.54 bits per heavy atom. The lowest BCUT2D eigenvalue weighted by Crippen LogP contribution is -2.48. The standard InChI is InChI=1S/C22H23ClN4O/c23-21-8-2-1-6-20(21)17-25-11-13-26(14-12-25)22(28)19-7-3-5-18(15-19)16-27-10-4-9-24-27/h1-10,15H,11-14,16-17H2. The number of carbonyl (C=O) groups is 1. The van der Waals surface area contributed by atoms with Gasteiger partial charge in [0, 0.05) is 55.7 Å². The van der Waals surface area contributed by atoms with Crippen molar-refractivity contribution in [3.63, 3.8) is 0 Å². The van der Waals surface area contributed by atoms with Crippen LogP contribution in [0.15, 0.2) is 67.0 Å². The maximum atomic E-state index is 12.9. The summed E-state index contributed by atoms with van der Waals surface area (Å²) in [4.78, 5) is 17.2. The maximum absolute atomic E-state index is 12.9. The first-order valence-corrected chi connectivity index (χ1v) is 9.88. The number of nitrogens with zero attached hydrogens (tertiary/aromatic N) is 4. The first kappa shape index (κ1) is 18.7. The van der Waals surface area contributed by atoms with Gasteiger partial charge in [-0.25, -0.2) is 0 Å². The average Bonchev–Trinajstić information content (AvgIpc) is 3.23. The van der Waals surface area contributed by atoms with Gasteiger partial charge in [0.1, 0.15) is 0 Å². The number of rotatable bonds is 5. The second kappa shape index (κ2) is 8.59. The van der Waals surface area contributed by atoms with Gasteiger partial charge in [0.25, 0.3) is 5.91 Å². The molecule has 3 aromatic rings. The van der Waals surface area contributed by atoms with E-state index in [1.165, 1.54) is 0 Å². The van der Waals surface area contributed by atoms with Crippen LogP contribution in [0.3, 0.4) is 0 Å². The molecule has 1 aliphatic rings. The largest absolute Gasteiger partial charge is 0.336 e. The summed E-state index contributed by atoms with van der Waals surface area (Å²) in [6, 6.07) is 17.7. The summed E-state index contributed by atoms with van der Waals surface area (Å²) < 4.78 is 1.86. The molecular weight excluding hydrogens is 372 g/mol. The molecule has 28 heavy (non-hydrogen) atoms. The Kier molecular flexibility index (Phi) is 5.74. The van der Waals surface area contributed by atoms with Gasteiger partial charge in [0.2, 0.25) is 0 Å². The molecule has 1 fully saturated rings. The van der Waals surface area contributed by atoms with E-state index in [0.717, 1.165) is 54.4 Å². The molecule has 0 atom stereocenters. The van der Waals surface area contributed by atoms with Gasteiger partial charge < -0.3 is 4.90 Å². The van der Waals surface area contributed by atoms with Crippen LogP contribution in [0.2, 0.25) is 5.02 Å². The van der Waals surface area contributed by atoms with Crippen molar-refractivity contribution in [1.29, 1.82) is 0 Å². The summed E-state index contributed by atoms with van der Waals surface area (Å²) in [5.41, 5.74) is 2.95. The van der Waals surface area contributed by atoms with Gasteiger partial charge >= 0.3 is 0 Å². The highest BCUT2D eigenvalue weighted by Crippen LogP contribution is 2.18. The topological polar surface area (TPSA) is 41.4 Å². The van der Waals surface area contributed by atoms with E-state index < -0.39 is 0 Å². The highest BCUT2D eigenvalue weighted by Gasteiger charge is 2.22. The molecule has 0 bridgehead atoms. The van der Waals surface area contributed by atoms with Crippen molar-refractivity contribution in [2.45, 2.75) is 13.1 Å². The number of amides is 1. The Hall–Kier alpha value is -2.63. The Bertz CT molecular complexity index is 933. The molecular formula is C22H23ClN4O. The Morgan fingerprint density at radius 1 is 0.964 bits per heavy atom. The van der Waals surface area contributed by atoms with Crippen LogP contribution in [-0.4, -0.2) is 51.7 Å². The second-order valence-electron chi connectivity index (χ2n) is 7.06. The summed E-state index contributed by atoms with van der Waals surface area (Å²) in [5.74, 6) is 0.0970. The summed E-state index contributed by atoms with van der Waals surface area (Å²) in [7, 11) is 0. The van der Waals surface area contributed by atoms with Crippen LogP contribution >= 0.6 is 11.6 Å². The molecule has 144 valence electrons. The third-order valence-electron chi connectivity index (χ3n) is 5.09. The Balaban J connectivity index is 1.35. The van der Waals surface area contributed by atoms with E-state index in [1.54, 1.807) is 6.20 Å². The van der Waals surface area contributed by atoms with Crippen LogP contribution in [0, 0.1) is 0 Å². The highest BCUT2D eigenvalue weighted by molar-refractivity contribution is 6.31. The molecule has 1 aromatic heterocycles. The first-order chi connectivity index (χ1) is 13.7. The molecule has 1 amide bonds. The molecule has 0 spiro atoms. The van der Waals surface area contributed by atoms with Crippen molar-refractivity contribution >= 4 is 17.5 Å². The minimum absolute atomic E-state index is 0.0970. The van der Waals surface area contributed by atoms with Crippen molar-refractivity contribution < 1.29 is 4.79 Å². The van der Waals surface area contributed by atoms with E-state index in [1.807, 2.05) is 64.3 Å². The van der Waals surface area contributed by atoms with Crippen LogP contribution in [0.1, 0.15) is 21.5 Å². The quantitative estimate of drug-likeness (QED) is 0.664. The second-order valence-corrected chi connectivity index (χ2v) is 7.47. The zero-order valence-corrected chi connectivity index (χ0v) is 16.4. The van der Waals surface area contributed by atoms with Gasteiger partial charge in [0.05, 0.1) is 6.54 Å². The molecule has 4 rings (SSSR count). The fourth-order valence-corrected chi connectivity index (χ4v) is 3.74. The molecule has 1 saturated heterocycles. The lowest BCUT2D eigenvalue weighted by atomic mass is 10.1. The highest BCUT2D eigenvalue weighted by atomic mass is 35.5. The minimum atomic E-state index is 0.0970.